The van der Waals surface area contributed by atoms with Crippen molar-refractivity contribution in [3.05, 3.63) is 27.7 Å². The molecule has 0 aliphatic carbocycles. The molecule has 0 aliphatic heterocycles. The van der Waals surface area contributed by atoms with Crippen molar-refractivity contribution < 1.29 is 9.53 Å². The van der Waals surface area contributed by atoms with E-state index in [1.54, 1.807) is 6.07 Å². The number of carbonyl (C=O) groups excluding carboxylic acids is 1. The molecule has 0 unspecified atom stereocenters. The molecule has 1 aromatic rings. The molecule has 0 N–H and O–H groups in total. The van der Waals surface area contributed by atoms with E-state index in [9.17, 15) is 4.79 Å². The van der Waals surface area contributed by atoms with Gasteiger partial charge in [0.05, 0.1) is 18.6 Å². The maximum absolute atomic E-state index is 11.5. The number of hydrogen-bond donors (Lipinski definition) is 0. The van der Waals surface area contributed by atoms with Crippen LogP contribution >= 0.6 is 27.5 Å². The summed E-state index contributed by atoms with van der Waals surface area (Å²) in [5, 5.41) is 0. The van der Waals surface area contributed by atoms with E-state index < -0.39 is 0 Å². The predicted octanol–water partition coefficient (Wildman–Crippen LogP) is 3.19. The third kappa shape index (κ3) is 2.28. The first-order valence-corrected chi connectivity index (χ1v) is 5.36. The van der Waals surface area contributed by atoms with Gasteiger partial charge in [0.25, 0.3) is 0 Å². The van der Waals surface area contributed by atoms with Gasteiger partial charge in [-0.3, -0.25) is 4.79 Å². The molecule has 2 nitrogen and oxygen atoms in total. The van der Waals surface area contributed by atoms with Crippen LogP contribution in [0.4, 0.5) is 0 Å². The van der Waals surface area contributed by atoms with Gasteiger partial charge in [-0.05, 0) is 24.6 Å². The van der Waals surface area contributed by atoms with Crippen LogP contribution < -0.4 is 4.74 Å². The number of rotatable bonds is 3. The number of carbonyl (C=O) groups is 1. The SMILES string of the molecule is COc1cc(Br)cc(C)c1C(=O)CCl. The minimum atomic E-state index is -0.117. The monoisotopic (exact) mass is 276 g/mol. The average Bonchev–Trinajstić information content (AvgIpc) is 2.15. The normalized spacial score (nSPS) is 10.0. The van der Waals surface area contributed by atoms with Crippen LogP contribution in [-0.4, -0.2) is 18.8 Å². The van der Waals surface area contributed by atoms with E-state index in [1.165, 1.54) is 7.11 Å². The minimum Gasteiger partial charge on any atom is -0.496 e. The van der Waals surface area contributed by atoms with Gasteiger partial charge in [-0.15, -0.1) is 11.6 Å². The molecular weight excluding hydrogens is 267 g/mol. The predicted molar refractivity (Wildman–Crippen MR) is 60.5 cm³/mol. The maximum atomic E-state index is 11.5. The topological polar surface area (TPSA) is 26.3 Å². The van der Waals surface area contributed by atoms with E-state index in [2.05, 4.69) is 15.9 Å². The van der Waals surface area contributed by atoms with Gasteiger partial charge in [0.2, 0.25) is 0 Å². The molecule has 14 heavy (non-hydrogen) atoms. The summed E-state index contributed by atoms with van der Waals surface area (Å²) >= 11 is 8.85. The van der Waals surface area contributed by atoms with Crippen molar-refractivity contribution in [2.24, 2.45) is 0 Å². The summed E-state index contributed by atoms with van der Waals surface area (Å²) in [7, 11) is 1.53. The lowest BCUT2D eigenvalue weighted by molar-refractivity contribution is 0.101. The zero-order valence-corrected chi connectivity index (χ0v) is 10.3. The van der Waals surface area contributed by atoms with Crippen LogP contribution in [0.2, 0.25) is 0 Å². The lowest BCUT2D eigenvalue weighted by atomic mass is 10.0. The second-order valence-corrected chi connectivity index (χ2v) is 4.04. The first-order chi connectivity index (χ1) is 6.60. The van der Waals surface area contributed by atoms with Gasteiger partial charge in [0, 0.05) is 4.47 Å². The van der Waals surface area contributed by atoms with Gasteiger partial charge in [-0.25, -0.2) is 0 Å². The van der Waals surface area contributed by atoms with E-state index in [0.717, 1.165) is 10.0 Å². The van der Waals surface area contributed by atoms with Crippen LogP contribution in [-0.2, 0) is 0 Å². The van der Waals surface area contributed by atoms with Crippen LogP contribution in [0, 0.1) is 6.92 Å². The Morgan fingerprint density at radius 1 is 1.57 bits per heavy atom. The van der Waals surface area contributed by atoms with Crippen molar-refractivity contribution >= 4 is 33.3 Å². The lowest BCUT2D eigenvalue weighted by Gasteiger charge is -2.10. The van der Waals surface area contributed by atoms with Crippen LogP contribution in [0.1, 0.15) is 15.9 Å². The van der Waals surface area contributed by atoms with Crippen LogP contribution in [0.5, 0.6) is 5.75 Å². The molecule has 76 valence electrons. The Balaban J connectivity index is 3.32. The van der Waals surface area contributed by atoms with Gasteiger partial charge >= 0.3 is 0 Å². The highest BCUT2D eigenvalue weighted by atomic mass is 79.9. The standard InChI is InChI=1S/C10H10BrClO2/c1-6-3-7(11)4-9(14-2)10(6)8(13)5-12/h3-4H,5H2,1-2H3. The molecule has 0 saturated heterocycles. The molecule has 0 radical (unpaired) electrons. The number of halogens is 2. The summed E-state index contributed by atoms with van der Waals surface area (Å²) < 4.78 is 6.01. The second kappa shape index (κ2) is 4.80. The Labute approximate surface area is 96.3 Å². The van der Waals surface area contributed by atoms with E-state index in [-0.39, 0.29) is 11.7 Å². The number of benzene rings is 1. The van der Waals surface area contributed by atoms with Gasteiger partial charge in [-0.1, -0.05) is 15.9 Å². The Morgan fingerprint density at radius 2 is 2.21 bits per heavy atom. The molecule has 4 heteroatoms. The molecule has 0 saturated carbocycles. The maximum Gasteiger partial charge on any atom is 0.181 e. The second-order valence-electron chi connectivity index (χ2n) is 2.86. The molecule has 0 bridgehead atoms. The van der Waals surface area contributed by atoms with Gasteiger partial charge in [-0.2, -0.15) is 0 Å². The Kier molecular flexibility index (Phi) is 3.96. The Morgan fingerprint density at radius 3 is 2.71 bits per heavy atom. The number of hydrogen-bond acceptors (Lipinski definition) is 2. The molecule has 0 aromatic heterocycles. The minimum absolute atomic E-state index is 0.0289. The molecule has 0 fully saturated rings. The van der Waals surface area contributed by atoms with Crippen LogP contribution in [0.3, 0.4) is 0 Å². The zero-order valence-electron chi connectivity index (χ0n) is 7.93. The fourth-order valence-electron chi connectivity index (χ4n) is 1.30. The van der Waals surface area contributed by atoms with Gasteiger partial charge < -0.3 is 4.74 Å². The summed E-state index contributed by atoms with van der Waals surface area (Å²) in [5.74, 6) is 0.412. The quantitative estimate of drug-likeness (QED) is 0.626. The van der Waals surface area contributed by atoms with Crippen molar-refractivity contribution in [2.75, 3.05) is 13.0 Å². The number of aryl methyl sites for hydroxylation is 1. The largest absolute Gasteiger partial charge is 0.496 e. The summed E-state index contributed by atoms with van der Waals surface area (Å²) in [4.78, 5) is 11.5. The van der Waals surface area contributed by atoms with Crippen molar-refractivity contribution in [3.63, 3.8) is 0 Å². The van der Waals surface area contributed by atoms with Crippen molar-refractivity contribution in [2.45, 2.75) is 6.92 Å². The van der Waals surface area contributed by atoms with E-state index in [0.29, 0.717) is 11.3 Å². The fourth-order valence-corrected chi connectivity index (χ4v) is 1.98. The van der Waals surface area contributed by atoms with E-state index in [1.807, 2.05) is 13.0 Å². The molecule has 0 atom stereocenters. The number of methoxy groups -OCH3 is 1. The summed E-state index contributed by atoms with van der Waals surface area (Å²) in [6, 6.07) is 3.62. The molecule has 0 aliphatic rings. The summed E-state index contributed by atoms with van der Waals surface area (Å²) in [6.45, 7) is 1.85. The summed E-state index contributed by atoms with van der Waals surface area (Å²) in [5.41, 5.74) is 1.42. The Bertz CT molecular complexity index is 363. The first kappa shape index (κ1) is 11.5. The number of Topliss-reactive ketones (excluding diaryl/α,β-unsaturated/α-hetero) is 1. The van der Waals surface area contributed by atoms with Crippen LogP contribution in [0.25, 0.3) is 0 Å². The smallest absolute Gasteiger partial charge is 0.181 e. The van der Waals surface area contributed by atoms with Gasteiger partial charge in [0.1, 0.15) is 5.75 Å². The number of ketones is 1. The molecule has 0 heterocycles. The van der Waals surface area contributed by atoms with Crippen molar-refractivity contribution in [1.82, 2.24) is 0 Å². The molecule has 0 amide bonds. The highest BCUT2D eigenvalue weighted by Crippen LogP contribution is 2.27. The Hall–Kier alpha value is -0.540. The third-order valence-corrected chi connectivity index (χ3v) is 2.58. The van der Waals surface area contributed by atoms with E-state index in [4.69, 9.17) is 16.3 Å². The number of alkyl halides is 1. The first-order valence-electron chi connectivity index (χ1n) is 4.03. The third-order valence-electron chi connectivity index (χ3n) is 1.88. The fraction of sp³-hybridized carbons (Fsp3) is 0.300. The molecule has 0 spiro atoms. The number of ether oxygens (including phenoxy) is 1. The molecule has 1 rings (SSSR count). The average molecular weight is 278 g/mol. The zero-order chi connectivity index (χ0) is 10.7. The highest BCUT2D eigenvalue weighted by Gasteiger charge is 2.14. The lowest BCUT2D eigenvalue weighted by Crippen LogP contribution is -2.06. The van der Waals surface area contributed by atoms with Crippen molar-refractivity contribution in [1.29, 1.82) is 0 Å². The van der Waals surface area contributed by atoms with Gasteiger partial charge in [0.15, 0.2) is 5.78 Å². The highest BCUT2D eigenvalue weighted by molar-refractivity contribution is 9.10. The van der Waals surface area contributed by atoms with E-state index >= 15 is 0 Å². The summed E-state index contributed by atoms with van der Waals surface area (Å²) in [6.07, 6.45) is 0. The molecular formula is C10H10BrClO2. The van der Waals surface area contributed by atoms with Crippen LogP contribution in [0.15, 0.2) is 16.6 Å². The van der Waals surface area contributed by atoms with Crippen molar-refractivity contribution in [3.8, 4) is 5.75 Å². The molecule has 1 aromatic carbocycles.